The normalized spacial score (nSPS) is 37.0. The number of aromatic amines is 1. The number of nitrogens with one attached hydrogen (secondary N) is 1. The quantitative estimate of drug-likeness (QED) is 0.0519. The summed E-state index contributed by atoms with van der Waals surface area (Å²) in [5.41, 5.74) is 2.43. The Kier molecular flexibility index (Phi) is 25.2. The number of ether oxygens (including phenoxy) is 3. The van der Waals surface area contributed by atoms with Crippen molar-refractivity contribution in [2.24, 2.45) is 80.8 Å². The molecular formula is C63H91BrF3K2N5O10. The van der Waals surface area contributed by atoms with Gasteiger partial charge in [0.15, 0.2) is 5.78 Å². The van der Waals surface area contributed by atoms with Crippen molar-refractivity contribution >= 4 is 55.9 Å². The molecule has 2 aromatic carbocycles. The fourth-order valence-electron chi connectivity index (χ4n) is 19.2. The van der Waals surface area contributed by atoms with Gasteiger partial charge in [-0.3, -0.25) is 19.5 Å². The predicted molar refractivity (Wildman–Crippen MR) is 308 cm³/mol. The Balaban J connectivity index is 0.000000252. The number of methoxy groups -OCH3 is 2. The minimum atomic E-state index is -4.79. The first-order valence-electron chi connectivity index (χ1n) is 29.7. The average Bonchev–Trinajstić information content (AvgIpc) is 1.92. The summed E-state index contributed by atoms with van der Waals surface area (Å²) < 4.78 is 53.5. The van der Waals surface area contributed by atoms with Crippen LogP contribution in [0.5, 0.6) is 5.75 Å². The number of alkyl halides is 4. The zero-order valence-electron chi connectivity index (χ0n) is 51.4. The van der Waals surface area contributed by atoms with Gasteiger partial charge in [0.1, 0.15) is 29.1 Å². The molecule has 16 atom stereocenters. The molecule has 3 N–H and O–H groups in total. The Bertz CT molecular complexity index is 2870. The molecule has 0 spiro atoms. The fourth-order valence-corrected chi connectivity index (χ4v) is 19.6. The summed E-state index contributed by atoms with van der Waals surface area (Å²) in [4.78, 5) is 38.9. The number of hydrogen-bond donors (Lipinski definition) is 3. The molecule has 2 heterocycles. The maximum atomic E-state index is 13.7. The molecule has 0 radical (unpaired) electrons. The number of H-pyrrole nitrogens is 1. The molecule has 8 fully saturated rings. The minimum Gasteiger partial charge on any atom is -1.00 e. The van der Waals surface area contributed by atoms with Crippen LogP contribution in [0.3, 0.4) is 0 Å². The number of hydrogen-bond acceptors (Lipinski definition) is 13. The van der Waals surface area contributed by atoms with Crippen molar-refractivity contribution in [3.05, 3.63) is 48.2 Å². The van der Waals surface area contributed by atoms with Gasteiger partial charge in [0.25, 0.3) is 6.47 Å². The van der Waals surface area contributed by atoms with Crippen LogP contribution in [-0.4, -0.2) is 104 Å². The van der Waals surface area contributed by atoms with Crippen molar-refractivity contribution in [1.29, 1.82) is 0 Å². The molecule has 15 nitrogen and oxygen atoms in total. The Morgan fingerprint density at radius 3 is 1.74 bits per heavy atom. The van der Waals surface area contributed by atoms with E-state index >= 15 is 0 Å². The van der Waals surface area contributed by atoms with Crippen LogP contribution in [0.1, 0.15) is 158 Å². The van der Waals surface area contributed by atoms with Crippen molar-refractivity contribution in [3.8, 4) is 5.75 Å². The van der Waals surface area contributed by atoms with E-state index < -0.39 is 17.6 Å². The third kappa shape index (κ3) is 14.9. The van der Waals surface area contributed by atoms with Gasteiger partial charge in [-0.25, -0.2) is 0 Å². The average molecular weight is 1290 g/mol. The van der Waals surface area contributed by atoms with Gasteiger partial charge in [-0.05, 0) is 230 Å². The number of fused-ring (bicyclic) bond motifs is 12. The third-order valence-electron chi connectivity index (χ3n) is 22.6. The van der Waals surface area contributed by atoms with Crippen LogP contribution in [0.25, 0.3) is 21.9 Å². The van der Waals surface area contributed by atoms with Gasteiger partial charge in [-0.15, -0.1) is 13.2 Å². The number of benzene rings is 2. The van der Waals surface area contributed by atoms with Gasteiger partial charge in [0.05, 0.1) is 41.5 Å². The topological polar surface area (TPSA) is 211 Å². The second kappa shape index (κ2) is 29.3. The predicted octanol–water partition coefficient (Wildman–Crippen LogP) is 5.98. The minimum absolute atomic E-state index is 0. The van der Waals surface area contributed by atoms with Crippen molar-refractivity contribution in [1.82, 2.24) is 25.2 Å². The van der Waals surface area contributed by atoms with E-state index in [1.54, 1.807) is 7.11 Å². The first kappa shape index (κ1) is 72.3. The number of carbonyl (C=O) groups is 3. The van der Waals surface area contributed by atoms with E-state index in [1.807, 2.05) is 33.2 Å². The van der Waals surface area contributed by atoms with E-state index in [1.165, 1.54) is 66.0 Å². The standard InChI is InChI=1S/C30H40F3N3O4.C23H37BrO3.C8H8N2.CH2O3.CH4.2K.H/c1-27(38)12-13-29(17-39-3)18(15-27)4-6-20-21-7-8-23(28(21,2)11-10-22(20)29)26(37)16-36-34-24-9-5-19(14-25(24)35-36)40-30(31,32)33;1-21(26)10-11-23(14-27-3)15(12-21)4-5-16-17-6-7-19(20(25)13-24)22(17,2)9-8-18(16)23;1-6-2-3-8-7(4-6)5-9-10-8;2-1-4-3;;;;/h5,9,14,18,20-23,38H,4,6-8,10-13,15-17H2,1-3H3;15-19,26H,4-14H2,1-3H3;2-5H,1H3,(H,9,10);1,3H;1H4;;;/q;;;;;2*+1;-1/p-1/t18-,20+,21+,22+,23-,27-,28+,29-;15-,16+,17+,18+,19-,21-,22+,23-;;;;;;/m11....../s1. The number of Topliss-reactive ketones (excluding diaryl/α,β-unsaturated/α-hetero) is 2. The zero-order valence-corrected chi connectivity index (χ0v) is 58.2. The summed E-state index contributed by atoms with van der Waals surface area (Å²) in [6, 6.07) is 10.0. The Morgan fingerprint density at radius 2 is 1.25 bits per heavy atom. The summed E-state index contributed by atoms with van der Waals surface area (Å²) in [6.07, 6.45) is 16.1. The van der Waals surface area contributed by atoms with Crippen LogP contribution in [0.15, 0.2) is 42.6 Å². The van der Waals surface area contributed by atoms with Crippen LogP contribution in [0, 0.1) is 87.8 Å². The molecule has 0 bridgehead atoms. The van der Waals surface area contributed by atoms with Crippen molar-refractivity contribution in [3.63, 3.8) is 0 Å². The van der Waals surface area contributed by atoms with E-state index in [0.29, 0.717) is 58.1 Å². The van der Waals surface area contributed by atoms with Crippen LogP contribution >= 0.6 is 15.9 Å². The molecule has 84 heavy (non-hydrogen) atoms. The number of ketones is 2. The molecule has 0 amide bonds. The van der Waals surface area contributed by atoms with Crippen LogP contribution in [0.2, 0.25) is 0 Å². The molecule has 8 saturated carbocycles. The number of carbonyl (C=O) groups excluding carboxylic acids is 3. The molecule has 0 saturated heterocycles. The third-order valence-corrected chi connectivity index (χ3v) is 23.2. The molecule has 4 aromatic rings. The van der Waals surface area contributed by atoms with E-state index in [-0.39, 0.29) is 175 Å². The number of aliphatic hydroxyl groups is 2. The van der Waals surface area contributed by atoms with E-state index in [9.17, 15) is 33.0 Å². The number of rotatable bonds is 11. The molecule has 458 valence electrons. The van der Waals surface area contributed by atoms with Gasteiger partial charge in [-0.2, -0.15) is 20.1 Å². The summed E-state index contributed by atoms with van der Waals surface area (Å²) >= 11 is 3.43. The van der Waals surface area contributed by atoms with Crippen LogP contribution < -0.4 is 113 Å². The maximum Gasteiger partial charge on any atom is 1.00 e. The Labute approximate surface area is 589 Å². The molecule has 0 unspecified atom stereocenters. The first-order valence-corrected chi connectivity index (χ1v) is 30.8. The summed E-state index contributed by atoms with van der Waals surface area (Å²) in [7, 11) is 3.66. The smallest absolute Gasteiger partial charge is 1.00 e. The molecule has 8 aliphatic carbocycles. The zero-order chi connectivity index (χ0) is 58.3. The van der Waals surface area contributed by atoms with Crippen molar-refractivity contribution in [2.45, 2.75) is 182 Å². The van der Waals surface area contributed by atoms with Crippen LogP contribution in [-0.2, 0) is 35.3 Å². The number of nitrogens with zero attached hydrogens (tertiary/aromatic N) is 4. The van der Waals surface area contributed by atoms with Gasteiger partial charge in [0, 0.05) is 37.5 Å². The van der Waals surface area contributed by atoms with E-state index in [0.717, 1.165) is 108 Å². The summed E-state index contributed by atoms with van der Waals surface area (Å²) in [6.45, 7) is 12.2. The second-order valence-corrected chi connectivity index (χ2v) is 27.6. The van der Waals surface area contributed by atoms with Crippen LogP contribution in [0.4, 0.5) is 13.2 Å². The molecule has 12 rings (SSSR count). The largest absolute Gasteiger partial charge is 1.00 e. The fraction of sp³-hybridized carbons (Fsp3) is 0.746. The number of aromatic nitrogens is 5. The maximum absolute atomic E-state index is 13.7. The Hall–Kier alpha value is -0.737. The van der Waals surface area contributed by atoms with Gasteiger partial charge >= 0.3 is 109 Å². The molecule has 2 aromatic heterocycles. The SMILES string of the molecule is C.COC[C@]12CC[C@@](C)(O)C[C@H]1CC[C@H]1[C@@H]3CC[C@H](C(=O)CBr)[C@@]3(C)CC[C@@H]12.COC[C@]12CC[C@@](C)(O)C[C@H]1CC[C@H]1[C@@H]3CC[C@H](C(=O)Cn4nc5ccc(OC(F)(F)F)cc5n4)[C@@]3(C)CC[C@@H]12.Cc1ccc2[nH]ncc2c1.O=CO[O-].[H-].[K+].[K+]. The summed E-state index contributed by atoms with van der Waals surface area (Å²) in [5, 5.41) is 47.2. The Morgan fingerprint density at radius 1 is 0.738 bits per heavy atom. The summed E-state index contributed by atoms with van der Waals surface area (Å²) in [5.74, 6) is 5.14. The molecule has 21 heteroatoms. The number of aryl methyl sites for hydroxylation is 1. The second-order valence-electron chi connectivity index (χ2n) is 27.0. The van der Waals surface area contributed by atoms with E-state index in [4.69, 9.17) is 19.5 Å². The van der Waals surface area contributed by atoms with Gasteiger partial charge in [0.2, 0.25) is 0 Å². The van der Waals surface area contributed by atoms with Crippen molar-refractivity contribution < 1.29 is 166 Å². The molecular weight excluding hydrogens is 1200 g/mol. The van der Waals surface area contributed by atoms with Gasteiger partial charge in [-0.1, -0.05) is 48.8 Å². The monoisotopic (exact) mass is 1290 g/mol. The first-order chi connectivity index (χ1) is 38.4. The van der Waals surface area contributed by atoms with E-state index in [2.05, 4.69) is 78.9 Å². The van der Waals surface area contributed by atoms with Crippen molar-refractivity contribution in [2.75, 3.05) is 32.8 Å². The molecule has 8 aliphatic rings. The van der Waals surface area contributed by atoms with Gasteiger partial charge < -0.3 is 36.0 Å². The number of halogens is 4. The molecule has 0 aliphatic heterocycles.